The number of anilines is 1. The van der Waals surface area contributed by atoms with E-state index >= 15 is 0 Å². The van der Waals surface area contributed by atoms with Crippen LogP contribution >= 0.6 is 0 Å². The van der Waals surface area contributed by atoms with Crippen molar-refractivity contribution in [2.45, 2.75) is 90.4 Å². The van der Waals surface area contributed by atoms with Crippen LogP contribution < -0.4 is 15.7 Å². The molecular weight excluding hydrogens is 466 g/mol. The van der Waals surface area contributed by atoms with E-state index < -0.39 is 17.7 Å². The summed E-state index contributed by atoms with van der Waals surface area (Å²) < 4.78 is 0. The Labute approximate surface area is 222 Å². The number of hydroxylamine groups is 1. The molecule has 206 valence electrons. The number of rotatable bonds is 14. The second-order valence-electron chi connectivity index (χ2n) is 11.1. The molecule has 0 spiro atoms. The van der Waals surface area contributed by atoms with E-state index in [1.165, 1.54) is 32.1 Å². The Morgan fingerprint density at radius 3 is 2.38 bits per heavy atom. The number of nitrogens with zero attached hydrogens (tertiary/aromatic N) is 1. The fourth-order valence-electron chi connectivity index (χ4n) is 6.28. The number of piperidine rings is 1. The Hall–Kier alpha value is -2.25. The number of hydrogen-bond donors (Lipinski definition) is 3. The Bertz CT molecular complexity index is 834. The topological polar surface area (TPSA) is 98.7 Å². The molecule has 1 aromatic carbocycles. The van der Waals surface area contributed by atoms with Gasteiger partial charge in [0, 0.05) is 36.9 Å². The van der Waals surface area contributed by atoms with Crippen LogP contribution in [0.1, 0.15) is 90.4 Å². The van der Waals surface area contributed by atoms with E-state index in [9.17, 15) is 14.4 Å². The van der Waals surface area contributed by atoms with Crippen molar-refractivity contribution in [3.05, 3.63) is 30.3 Å². The zero-order chi connectivity index (χ0) is 26.5. The summed E-state index contributed by atoms with van der Waals surface area (Å²) in [5.41, 5.74) is 2.55. The van der Waals surface area contributed by atoms with Crippen LogP contribution in [0.5, 0.6) is 0 Å². The molecule has 0 bridgehead atoms. The largest absolute Gasteiger partial charge is 0.316 e. The lowest BCUT2D eigenvalue weighted by Gasteiger charge is -2.31. The quantitative estimate of drug-likeness (QED) is 0.233. The monoisotopic (exact) mass is 513 g/mol. The van der Waals surface area contributed by atoms with Gasteiger partial charge in [0.15, 0.2) is 0 Å². The van der Waals surface area contributed by atoms with Gasteiger partial charge in [0.1, 0.15) is 5.78 Å². The van der Waals surface area contributed by atoms with Gasteiger partial charge in [0.25, 0.3) is 0 Å². The van der Waals surface area contributed by atoms with Gasteiger partial charge in [-0.25, -0.2) is 5.48 Å². The SMILES string of the molecule is CCN(C(=O)C(CC(=O)C(CCCC1CCCCC1)CC(=O)NO)CC1CCCNC1)c1ccccc1. The van der Waals surface area contributed by atoms with Crippen molar-refractivity contribution in [2.75, 3.05) is 24.5 Å². The third-order valence-electron chi connectivity index (χ3n) is 8.37. The average molecular weight is 514 g/mol. The molecule has 1 aromatic rings. The smallest absolute Gasteiger partial charge is 0.244 e. The van der Waals surface area contributed by atoms with Crippen LogP contribution in [0.4, 0.5) is 5.69 Å². The van der Waals surface area contributed by atoms with Crippen molar-refractivity contribution in [2.24, 2.45) is 23.7 Å². The van der Waals surface area contributed by atoms with Crippen molar-refractivity contribution >= 4 is 23.3 Å². The highest BCUT2D eigenvalue weighted by Crippen LogP contribution is 2.31. The molecular formula is C30H47N3O4. The molecule has 1 heterocycles. The van der Waals surface area contributed by atoms with Crippen molar-refractivity contribution < 1.29 is 19.6 Å². The summed E-state index contributed by atoms with van der Waals surface area (Å²) in [7, 11) is 0. The zero-order valence-corrected chi connectivity index (χ0v) is 22.6. The number of carbonyl (C=O) groups is 3. The third-order valence-corrected chi connectivity index (χ3v) is 8.37. The first-order valence-electron chi connectivity index (χ1n) is 14.5. The summed E-state index contributed by atoms with van der Waals surface area (Å²) in [6.45, 7) is 4.37. The van der Waals surface area contributed by atoms with Gasteiger partial charge in [-0.2, -0.15) is 0 Å². The van der Waals surface area contributed by atoms with E-state index in [4.69, 9.17) is 5.21 Å². The van der Waals surface area contributed by atoms with Gasteiger partial charge in [-0.1, -0.05) is 63.1 Å². The highest BCUT2D eigenvalue weighted by Gasteiger charge is 2.33. The van der Waals surface area contributed by atoms with Gasteiger partial charge in [-0.3, -0.25) is 19.6 Å². The maximum Gasteiger partial charge on any atom is 0.244 e. The first-order chi connectivity index (χ1) is 18.0. The number of carbonyl (C=O) groups excluding carboxylic acids is 3. The van der Waals surface area contributed by atoms with E-state index in [2.05, 4.69) is 5.32 Å². The lowest BCUT2D eigenvalue weighted by Crippen LogP contribution is -2.40. The highest BCUT2D eigenvalue weighted by molar-refractivity contribution is 5.98. The molecule has 2 amide bonds. The number of Topliss-reactive ketones (excluding diaryl/α,β-unsaturated/α-hetero) is 1. The Kier molecular flexibility index (Phi) is 12.6. The van der Waals surface area contributed by atoms with Crippen LogP contribution in [0.3, 0.4) is 0 Å². The van der Waals surface area contributed by atoms with Crippen molar-refractivity contribution in [1.29, 1.82) is 0 Å². The molecule has 2 fully saturated rings. The molecule has 2 aliphatic rings. The summed E-state index contributed by atoms with van der Waals surface area (Å²) in [5.74, 6) is -0.393. The predicted molar refractivity (Wildman–Crippen MR) is 146 cm³/mol. The average Bonchev–Trinajstić information content (AvgIpc) is 2.94. The van der Waals surface area contributed by atoms with Gasteiger partial charge in [-0.15, -0.1) is 0 Å². The number of amides is 2. The molecule has 0 radical (unpaired) electrons. The fraction of sp³-hybridized carbons (Fsp3) is 0.700. The van der Waals surface area contributed by atoms with Crippen LogP contribution in [0.25, 0.3) is 0 Å². The minimum Gasteiger partial charge on any atom is -0.316 e. The molecule has 37 heavy (non-hydrogen) atoms. The third kappa shape index (κ3) is 9.53. The molecule has 3 atom stereocenters. The van der Waals surface area contributed by atoms with Gasteiger partial charge >= 0.3 is 0 Å². The van der Waals surface area contributed by atoms with Crippen LogP contribution in [-0.2, 0) is 14.4 Å². The van der Waals surface area contributed by atoms with Crippen LogP contribution in [0, 0.1) is 23.7 Å². The molecule has 1 saturated carbocycles. The minimum absolute atomic E-state index is 0.0137. The predicted octanol–water partition coefficient (Wildman–Crippen LogP) is 5.27. The number of nitrogens with one attached hydrogen (secondary N) is 2. The Morgan fingerprint density at radius 2 is 1.73 bits per heavy atom. The zero-order valence-electron chi connectivity index (χ0n) is 22.6. The summed E-state index contributed by atoms with van der Waals surface area (Å²) in [4.78, 5) is 41.3. The number of para-hydroxylation sites is 1. The van der Waals surface area contributed by atoms with E-state index in [1.807, 2.05) is 37.3 Å². The summed E-state index contributed by atoms with van der Waals surface area (Å²) >= 11 is 0. The number of ketones is 1. The maximum atomic E-state index is 13.8. The molecule has 7 heteroatoms. The van der Waals surface area contributed by atoms with Gasteiger partial charge in [0.2, 0.25) is 11.8 Å². The second kappa shape index (κ2) is 15.9. The lowest BCUT2D eigenvalue weighted by atomic mass is 9.80. The molecule has 3 N–H and O–H groups in total. The molecule has 1 aliphatic heterocycles. The molecule has 3 rings (SSSR count). The van der Waals surface area contributed by atoms with Crippen LogP contribution in [-0.4, -0.2) is 42.4 Å². The standard InChI is InChI=1S/C30H47N3O4/c1-2-33(27-16-7-4-8-17-27)30(36)26(19-24-14-10-18-31-22-24)20-28(34)25(21-29(35)32-37)15-9-13-23-11-5-3-6-12-23/h4,7-8,16-17,23-26,31,37H,2-3,5-6,9-15,18-22H2,1H3,(H,32,35). The molecule has 1 aliphatic carbocycles. The van der Waals surface area contributed by atoms with Crippen LogP contribution in [0.15, 0.2) is 30.3 Å². The number of hydrogen-bond acceptors (Lipinski definition) is 5. The molecule has 0 aromatic heterocycles. The maximum absolute atomic E-state index is 13.8. The minimum atomic E-state index is -0.533. The second-order valence-corrected chi connectivity index (χ2v) is 11.1. The summed E-state index contributed by atoms with van der Waals surface area (Å²) in [5, 5.41) is 12.6. The van der Waals surface area contributed by atoms with Crippen LogP contribution in [0.2, 0.25) is 0 Å². The highest BCUT2D eigenvalue weighted by atomic mass is 16.5. The normalized spacial score (nSPS) is 20.1. The first-order valence-corrected chi connectivity index (χ1v) is 14.5. The van der Waals surface area contributed by atoms with Crippen molar-refractivity contribution in [3.8, 4) is 0 Å². The van der Waals surface area contributed by atoms with Gasteiger partial charge < -0.3 is 10.2 Å². The first kappa shape index (κ1) is 29.3. The Morgan fingerprint density at radius 1 is 1.00 bits per heavy atom. The van der Waals surface area contributed by atoms with E-state index in [0.29, 0.717) is 31.2 Å². The number of benzene rings is 1. The van der Waals surface area contributed by atoms with Crippen molar-refractivity contribution in [3.63, 3.8) is 0 Å². The van der Waals surface area contributed by atoms with Gasteiger partial charge in [-0.05, 0) is 69.7 Å². The van der Waals surface area contributed by atoms with Gasteiger partial charge in [0.05, 0.1) is 0 Å². The fourth-order valence-corrected chi connectivity index (χ4v) is 6.28. The Balaban J connectivity index is 1.71. The molecule has 3 unspecified atom stereocenters. The van der Waals surface area contributed by atoms with E-state index in [-0.39, 0.29) is 24.5 Å². The molecule has 7 nitrogen and oxygen atoms in total. The lowest BCUT2D eigenvalue weighted by molar-refractivity contribution is -0.135. The summed E-state index contributed by atoms with van der Waals surface area (Å²) in [6.07, 6.45) is 11.9. The van der Waals surface area contributed by atoms with Crippen molar-refractivity contribution in [1.82, 2.24) is 10.8 Å². The summed E-state index contributed by atoms with van der Waals surface area (Å²) in [6, 6.07) is 9.64. The van der Waals surface area contributed by atoms with E-state index in [0.717, 1.165) is 44.5 Å². The molecule has 1 saturated heterocycles. The van der Waals surface area contributed by atoms with E-state index in [1.54, 1.807) is 10.4 Å².